The molecule has 0 bridgehead atoms. The maximum absolute atomic E-state index is 6.17. The molecule has 0 aromatic heterocycles. The van der Waals surface area contributed by atoms with Crippen molar-refractivity contribution in [3.8, 4) is 5.75 Å². The Kier molecular flexibility index (Phi) is 5.34. The number of rotatable bonds is 7. The Hall–Kier alpha value is -0.250. The number of hydrogen-bond donors (Lipinski definition) is 1. The maximum Gasteiger partial charge on any atom is 0.138 e. The first-order valence-corrected chi connectivity index (χ1v) is 7.71. The Morgan fingerprint density at radius 3 is 2.89 bits per heavy atom. The van der Waals surface area contributed by atoms with Crippen molar-refractivity contribution < 1.29 is 4.74 Å². The van der Waals surface area contributed by atoms with E-state index in [4.69, 9.17) is 16.3 Å². The summed E-state index contributed by atoms with van der Waals surface area (Å²) >= 11 is 9.57. The van der Waals surface area contributed by atoms with E-state index in [2.05, 4.69) is 28.2 Å². The number of benzene rings is 1. The topological polar surface area (TPSA) is 21.3 Å². The summed E-state index contributed by atoms with van der Waals surface area (Å²) < 4.78 is 6.98. The van der Waals surface area contributed by atoms with E-state index in [0.717, 1.165) is 29.6 Å². The van der Waals surface area contributed by atoms with Crippen LogP contribution in [0.1, 0.15) is 32.6 Å². The van der Waals surface area contributed by atoms with Crippen LogP contribution >= 0.6 is 27.5 Å². The van der Waals surface area contributed by atoms with Gasteiger partial charge in [-0.25, -0.2) is 0 Å². The predicted octanol–water partition coefficient (Wildman–Crippen LogP) is 4.40. The van der Waals surface area contributed by atoms with Gasteiger partial charge in [0.05, 0.1) is 5.02 Å². The minimum atomic E-state index is 0.203. The quantitative estimate of drug-likeness (QED) is 0.799. The lowest BCUT2D eigenvalue weighted by Crippen LogP contribution is -2.32. The molecular formula is C14H19BrClNO. The van der Waals surface area contributed by atoms with Crippen LogP contribution in [0, 0.1) is 0 Å². The Morgan fingerprint density at radius 2 is 2.28 bits per heavy atom. The van der Waals surface area contributed by atoms with Crippen LogP contribution in [0.5, 0.6) is 5.75 Å². The standard InChI is InChI=1S/C14H19BrClNO/c1-2-3-12(9-17-11-5-6-11)18-14-7-4-10(15)8-13(14)16/h4,7-8,11-12,17H,2-3,5-6,9H2,1H3. The normalized spacial score (nSPS) is 16.6. The summed E-state index contributed by atoms with van der Waals surface area (Å²) in [6.07, 6.45) is 4.97. The zero-order valence-corrected chi connectivity index (χ0v) is 12.9. The lowest BCUT2D eigenvalue weighted by Gasteiger charge is -2.20. The summed E-state index contributed by atoms with van der Waals surface area (Å²) in [4.78, 5) is 0. The van der Waals surface area contributed by atoms with Gasteiger partial charge in [-0.15, -0.1) is 0 Å². The van der Waals surface area contributed by atoms with Gasteiger partial charge in [0.25, 0.3) is 0 Å². The van der Waals surface area contributed by atoms with Crippen molar-refractivity contribution in [1.82, 2.24) is 5.32 Å². The highest BCUT2D eigenvalue weighted by Crippen LogP contribution is 2.29. The van der Waals surface area contributed by atoms with E-state index in [1.165, 1.54) is 12.8 Å². The first-order chi connectivity index (χ1) is 8.69. The van der Waals surface area contributed by atoms with Gasteiger partial charge >= 0.3 is 0 Å². The van der Waals surface area contributed by atoms with Crippen LogP contribution in [-0.4, -0.2) is 18.7 Å². The molecule has 18 heavy (non-hydrogen) atoms. The molecule has 1 fully saturated rings. The number of nitrogens with one attached hydrogen (secondary N) is 1. The molecule has 0 aliphatic heterocycles. The van der Waals surface area contributed by atoms with Crippen molar-refractivity contribution >= 4 is 27.5 Å². The first-order valence-electron chi connectivity index (χ1n) is 6.54. The van der Waals surface area contributed by atoms with E-state index >= 15 is 0 Å². The van der Waals surface area contributed by atoms with Crippen LogP contribution in [0.3, 0.4) is 0 Å². The molecule has 1 aliphatic rings. The highest BCUT2D eigenvalue weighted by Gasteiger charge is 2.22. The molecule has 0 heterocycles. The molecule has 1 atom stereocenters. The summed E-state index contributed by atoms with van der Waals surface area (Å²) in [6.45, 7) is 3.08. The Balaban J connectivity index is 1.92. The van der Waals surface area contributed by atoms with E-state index in [1.807, 2.05) is 18.2 Å². The van der Waals surface area contributed by atoms with Crippen LogP contribution in [0.2, 0.25) is 5.02 Å². The lowest BCUT2D eigenvalue weighted by atomic mass is 10.2. The molecule has 4 heteroatoms. The zero-order valence-electron chi connectivity index (χ0n) is 10.6. The van der Waals surface area contributed by atoms with Gasteiger partial charge in [-0.3, -0.25) is 0 Å². The molecule has 1 saturated carbocycles. The molecule has 1 N–H and O–H groups in total. The van der Waals surface area contributed by atoms with Crippen molar-refractivity contribution in [2.24, 2.45) is 0 Å². The number of halogens is 2. The Labute approximate surface area is 122 Å². The van der Waals surface area contributed by atoms with Crippen LogP contribution < -0.4 is 10.1 Å². The summed E-state index contributed by atoms with van der Waals surface area (Å²) in [7, 11) is 0. The molecule has 1 aromatic carbocycles. The van der Waals surface area contributed by atoms with Crippen molar-refractivity contribution in [2.75, 3.05) is 6.54 Å². The smallest absolute Gasteiger partial charge is 0.138 e. The Morgan fingerprint density at radius 1 is 1.50 bits per heavy atom. The molecule has 1 unspecified atom stereocenters. The van der Waals surface area contributed by atoms with Crippen LogP contribution in [0.25, 0.3) is 0 Å². The van der Waals surface area contributed by atoms with Gasteiger partial charge in [-0.05, 0) is 37.5 Å². The minimum absolute atomic E-state index is 0.203. The van der Waals surface area contributed by atoms with Gasteiger partial charge in [0.2, 0.25) is 0 Å². The van der Waals surface area contributed by atoms with Crippen LogP contribution in [0.15, 0.2) is 22.7 Å². The summed E-state index contributed by atoms with van der Waals surface area (Å²) in [5.41, 5.74) is 0. The van der Waals surface area contributed by atoms with Gasteiger partial charge in [-0.2, -0.15) is 0 Å². The largest absolute Gasteiger partial charge is 0.488 e. The van der Waals surface area contributed by atoms with Gasteiger partial charge in [0, 0.05) is 17.1 Å². The first kappa shape index (κ1) is 14.2. The van der Waals surface area contributed by atoms with Crippen molar-refractivity contribution in [1.29, 1.82) is 0 Å². The zero-order chi connectivity index (χ0) is 13.0. The molecule has 0 radical (unpaired) electrons. The SMILES string of the molecule is CCCC(CNC1CC1)Oc1ccc(Br)cc1Cl. The van der Waals surface area contributed by atoms with Crippen molar-refractivity contribution in [3.05, 3.63) is 27.7 Å². The molecule has 0 spiro atoms. The highest BCUT2D eigenvalue weighted by molar-refractivity contribution is 9.10. The summed E-state index contributed by atoms with van der Waals surface area (Å²) in [6, 6.07) is 6.47. The third-order valence-corrected chi connectivity index (χ3v) is 3.80. The third kappa shape index (κ3) is 4.45. The van der Waals surface area contributed by atoms with Gasteiger partial charge in [0.15, 0.2) is 0 Å². The Bertz CT molecular complexity index is 395. The van der Waals surface area contributed by atoms with Crippen LogP contribution in [-0.2, 0) is 0 Å². The fourth-order valence-electron chi connectivity index (χ4n) is 1.86. The van der Waals surface area contributed by atoms with Crippen molar-refractivity contribution in [3.63, 3.8) is 0 Å². The highest BCUT2D eigenvalue weighted by atomic mass is 79.9. The molecule has 2 nitrogen and oxygen atoms in total. The second kappa shape index (κ2) is 6.78. The minimum Gasteiger partial charge on any atom is -0.488 e. The lowest BCUT2D eigenvalue weighted by molar-refractivity contribution is 0.186. The van der Waals surface area contributed by atoms with Crippen LogP contribution in [0.4, 0.5) is 0 Å². The molecular weight excluding hydrogens is 314 g/mol. The molecule has 1 aliphatic carbocycles. The number of ether oxygens (including phenoxy) is 1. The number of hydrogen-bond acceptors (Lipinski definition) is 2. The second-order valence-electron chi connectivity index (χ2n) is 4.79. The fraction of sp³-hybridized carbons (Fsp3) is 0.571. The van der Waals surface area contributed by atoms with E-state index < -0.39 is 0 Å². The van der Waals surface area contributed by atoms with E-state index in [1.54, 1.807) is 0 Å². The van der Waals surface area contributed by atoms with E-state index in [0.29, 0.717) is 11.1 Å². The van der Waals surface area contributed by atoms with E-state index in [-0.39, 0.29) is 6.10 Å². The summed E-state index contributed by atoms with van der Waals surface area (Å²) in [5.74, 6) is 0.774. The summed E-state index contributed by atoms with van der Waals surface area (Å²) in [5, 5.41) is 4.18. The van der Waals surface area contributed by atoms with E-state index in [9.17, 15) is 0 Å². The molecule has 0 amide bonds. The molecule has 2 rings (SSSR count). The van der Waals surface area contributed by atoms with Gasteiger partial charge < -0.3 is 10.1 Å². The predicted molar refractivity (Wildman–Crippen MR) is 79.5 cm³/mol. The average molecular weight is 333 g/mol. The average Bonchev–Trinajstić information content (AvgIpc) is 3.13. The molecule has 100 valence electrons. The third-order valence-electron chi connectivity index (χ3n) is 3.01. The van der Waals surface area contributed by atoms with Crippen molar-refractivity contribution in [2.45, 2.75) is 44.8 Å². The maximum atomic E-state index is 6.17. The second-order valence-corrected chi connectivity index (χ2v) is 6.11. The fourth-order valence-corrected chi connectivity index (χ4v) is 2.58. The van der Waals surface area contributed by atoms with Gasteiger partial charge in [0.1, 0.15) is 11.9 Å². The monoisotopic (exact) mass is 331 g/mol. The van der Waals surface area contributed by atoms with Gasteiger partial charge in [-0.1, -0.05) is 40.9 Å². The molecule has 0 saturated heterocycles. The molecule has 1 aromatic rings.